The van der Waals surface area contributed by atoms with Gasteiger partial charge >= 0.3 is 0 Å². The molecule has 1 fully saturated rings. The molecule has 0 aliphatic heterocycles. The van der Waals surface area contributed by atoms with Crippen molar-refractivity contribution in [2.45, 2.75) is 38.7 Å². The van der Waals surface area contributed by atoms with Gasteiger partial charge in [0.05, 0.1) is 0 Å². The molecule has 0 amide bonds. The third kappa shape index (κ3) is 4.41. The van der Waals surface area contributed by atoms with E-state index in [0.717, 1.165) is 49.0 Å². The number of halogens is 1. The first-order valence-corrected chi connectivity index (χ1v) is 8.19. The lowest BCUT2D eigenvalue weighted by molar-refractivity contribution is -0.124. The van der Waals surface area contributed by atoms with E-state index in [9.17, 15) is 9.18 Å². The fraction of sp³-hybridized carbons (Fsp3) is 0.350. The van der Waals surface area contributed by atoms with Gasteiger partial charge < -0.3 is 4.74 Å². The number of carbonyl (C=O) groups is 1. The first-order chi connectivity index (χ1) is 11.2. The second kappa shape index (κ2) is 7.40. The molecule has 1 saturated carbocycles. The number of ether oxygens (including phenoxy) is 1. The summed E-state index contributed by atoms with van der Waals surface area (Å²) in [5, 5.41) is 0. The zero-order valence-electron chi connectivity index (χ0n) is 13.1. The normalized spacial score (nSPS) is 18.0. The summed E-state index contributed by atoms with van der Waals surface area (Å²) < 4.78 is 18.7. The number of rotatable bonds is 5. The molecule has 23 heavy (non-hydrogen) atoms. The average molecular weight is 312 g/mol. The highest BCUT2D eigenvalue weighted by Gasteiger charge is 2.22. The van der Waals surface area contributed by atoms with Gasteiger partial charge in [0.1, 0.15) is 24.0 Å². The predicted octanol–water partition coefficient (Wildman–Crippen LogP) is 4.71. The van der Waals surface area contributed by atoms with Gasteiger partial charge in [0.15, 0.2) is 0 Å². The van der Waals surface area contributed by atoms with Crippen LogP contribution in [0.25, 0.3) is 0 Å². The third-order valence-corrected chi connectivity index (χ3v) is 4.38. The minimum Gasteiger partial charge on any atom is -0.489 e. The van der Waals surface area contributed by atoms with Gasteiger partial charge in [-0.2, -0.15) is 0 Å². The van der Waals surface area contributed by atoms with Crippen LogP contribution < -0.4 is 4.74 Å². The SMILES string of the molecule is O=C1CCCCC1Cc1cccc(OCc2ccc(F)cc2)c1. The molecular weight excluding hydrogens is 291 g/mol. The first kappa shape index (κ1) is 15.7. The smallest absolute Gasteiger partial charge is 0.136 e. The molecule has 120 valence electrons. The van der Waals surface area contributed by atoms with E-state index in [1.54, 1.807) is 12.1 Å². The van der Waals surface area contributed by atoms with Crippen molar-refractivity contribution < 1.29 is 13.9 Å². The Morgan fingerprint density at radius 2 is 1.87 bits per heavy atom. The molecule has 0 saturated heterocycles. The van der Waals surface area contributed by atoms with Gasteiger partial charge in [-0.25, -0.2) is 4.39 Å². The fourth-order valence-electron chi connectivity index (χ4n) is 3.07. The van der Waals surface area contributed by atoms with Gasteiger partial charge in [-0.3, -0.25) is 4.79 Å². The van der Waals surface area contributed by atoms with Crippen molar-refractivity contribution in [1.82, 2.24) is 0 Å². The maximum absolute atomic E-state index is 12.9. The molecule has 0 bridgehead atoms. The Kier molecular flexibility index (Phi) is 5.06. The topological polar surface area (TPSA) is 26.3 Å². The Bertz CT molecular complexity index is 664. The molecule has 2 aromatic carbocycles. The Labute approximate surface area is 136 Å². The fourth-order valence-corrected chi connectivity index (χ4v) is 3.07. The summed E-state index contributed by atoms with van der Waals surface area (Å²) >= 11 is 0. The first-order valence-electron chi connectivity index (χ1n) is 8.19. The molecule has 0 radical (unpaired) electrons. The van der Waals surface area contributed by atoms with Crippen LogP contribution in [0.1, 0.15) is 36.8 Å². The van der Waals surface area contributed by atoms with Crippen LogP contribution in [0.3, 0.4) is 0 Å². The van der Waals surface area contributed by atoms with Gasteiger partial charge in [-0.15, -0.1) is 0 Å². The van der Waals surface area contributed by atoms with Crippen molar-refractivity contribution in [3.63, 3.8) is 0 Å². The van der Waals surface area contributed by atoms with Crippen molar-refractivity contribution in [3.05, 3.63) is 65.5 Å². The van der Waals surface area contributed by atoms with E-state index >= 15 is 0 Å². The van der Waals surface area contributed by atoms with Crippen LogP contribution >= 0.6 is 0 Å². The Morgan fingerprint density at radius 1 is 1.04 bits per heavy atom. The number of benzene rings is 2. The lowest BCUT2D eigenvalue weighted by Crippen LogP contribution is -2.21. The van der Waals surface area contributed by atoms with Crippen LogP contribution in [0, 0.1) is 11.7 Å². The molecule has 0 heterocycles. The molecule has 3 heteroatoms. The number of Topliss-reactive ketones (excluding diaryl/α,β-unsaturated/α-hetero) is 1. The minimum atomic E-state index is -0.243. The third-order valence-electron chi connectivity index (χ3n) is 4.38. The summed E-state index contributed by atoms with van der Waals surface area (Å²) in [6.07, 6.45) is 4.71. The molecule has 1 aliphatic carbocycles. The summed E-state index contributed by atoms with van der Waals surface area (Å²) in [7, 11) is 0. The van der Waals surface area contributed by atoms with Crippen molar-refractivity contribution >= 4 is 5.78 Å². The highest BCUT2D eigenvalue weighted by Crippen LogP contribution is 2.25. The lowest BCUT2D eigenvalue weighted by atomic mass is 9.84. The molecule has 1 aliphatic rings. The average Bonchev–Trinajstić information content (AvgIpc) is 2.57. The van der Waals surface area contributed by atoms with Crippen LogP contribution in [0.15, 0.2) is 48.5 Å². The number of hydrogen-bond acceptors (Lipinski definition) is 2. The van der Waals surface area contributed by atoms with E-state index in [0.29, 0.717) is 12.4 Å². The Morgan fingerprint density at radius 3 is 2.65 bits per heavy atom. The molecule has 0 spiro atoms. The monoisotopic (exact) mass is 312 g/mol. The summed E-state index contributed by atoms with van der Waals surface area (Å²) in [6, 6.07) is 14.2. The van der Waals surface area contributed by atoms with Crippen molar-refractivity contribution in [2.75, 3.05) is 0 Å². The van der Waals surface area contributed by atoms with E-state index in [1.807, 2.05) is 24.3 Å². The standard InChI is InChI=1S/C20H21FO2/c21-18-10-8-15(9-11-18)14-23-19-6-3-4-16(13-19)12-17-5-1-2-7-20(17)22/h3-4,6,8-11,13,17H,1-2,5,7,12,14H2. The lowest BCUT2D eigenvalue weighted by Gasteiger charge is -2.20. The summed E-state index contributed by atoms with van der Waals surface area (Å²) in [5.74, 6) is 1.10. The van der Waals surface area contributed by atoms with Crippen LogP contribution in [-0.4, -0.2) is 5.78 Å². The van der Waals surface area contributed by atoms with E-state index in [-0.39, 0.29) is 11.7 Å². The maximum atomic E-state index is 12.9. The van der Waals surface area contributed by atoms with E-state index < -0.39 is 0 Å². The van der Waals surface area contributed by atoms with Gasteiger partial charge in [-0.05, 0) is 54.7 Å². The molecule has 2 aromatic rings. The van der Waals surface area contributed by atoms with Crippen molar-refractivity contribution in [2.24, 2.45) is 5.92 Å². The number of carbonyl (C=O) groups excluding carboxylic acids is 1. The van der Waals surface area contributed by atoms with Crippen molar-refractivity contribution in [1.29, 1.82) is 0 Å². The van der Waals surface area contributed by atoms with Gasteiger partial charge in [0.2, 0.25) is 0 Å². The highest BCUT2D eigenvalue weighted by atomic mass is 19.1. The zero-order valence-corrected chi connectivity index (χ0v) is 13.1. The summed E-state index contributed by atoms with van der Waals surface area (Å²) in [4.78, 5) is 12.0. The van der Waals surface area contributed by atoms with Gasteiger partial charge in [-0.1, -0.05) is 30.7 Å². The van der Waals surface area contributed by atoms with E-state index in [1.165, 1.54) is 12.1 Å². The Hall–Kier alpha value is -2.16. The van der Waals surface area contributed by atoms with Gasteiger partial charge in [0, 0.05) is 12.3 Å². The quantitative estimate of drug-likeness (QED) is 0.799. The highest BCUT2D eigenvalue weighted by molar-refractivity contribution is 5.81. The zero-order chi connectivity index (χ0) is 16.1. The predicted molar refractivity (Wildman–Crippen MR) is 87.8 cm³/mol. The second-order valence-electron chi connectivity index (χ2n) is 6.18. The Balaban J connectivity index is 1.60. The van der Waals surface area contributed by atoms with Crippen LogP contribution in [-0.2, 0) is 17.8 Å². The van der Waals surface area contributed by atoms with E-state index in [2.05, 4.69) is 0 Å². The largest absolute Gasteiger partial charge is 0.489 e. The van der Waals surface area contributed by atoms with Gasteiger partial charge in [0.25, 0.3) is 0 Å². The molecule has 3 rings (SSSR count). The summed E-state index contributed by atoms with van der Waals surface area (Å²) in [5.41, 5.74) is 2.07. The molecule has 1 atom stereocenters. The molecular formula is C20H21FO2. The molecule has 0 N–H and O–H groups in total. The number of ketones is 1. The number of hydrogen-bond donors (Lipinski definition) is 0. The van der Waals surface area contributed by atoms with Crippen LogP contribution in [0.4, 0.5) is 4.39 Å². The van der Waals surface area contributed by atoms with E-state index in [4.69, 9.17) is 4.74 Å². The van der Waals surface area contributed by atoms with Crippen LogP contribution in [0.2, 0.25) is 0 Å². The maximum Gasteiger partial charge on any atom is 0.136 e. The van der Waals surface area contributed by atoms with Crippen LogP contribution in [0.5, 0.6) is 5.75 Å². The molecule has 0 aromatic heterocycles. The molecule has 1 unspecified atom stereocenters. The summed E-state index contributed by atoms with van der Waals surface area (Å²) in [6.45, 7) is 0.409. The minimum absolute atomic E-state index is 0.163. The van der Waals surface area contributed by atoms with Crippen molar-refractivity contribution in [3.8, 4) is 5.75 Å². The second-order valence-corrected chi connectivity index (χ2v) is 6.18. The molecule has 2 nitrogen and oxygen atoms in total.